The molecule has 24 heavy (non-hydrogen) atoms. The summed E-state index contributed by atoms with van der Waals surface area (Å²) in [6, 6.07) is 8.54. The van der Waals surface area contributed by atoms with Crippen LogP contribution < -0.4 is 4.80 Å². The van der Waals surface area contributed by atoms with E-state index in [4.69, 9.17) is 0 Å². The fourth-order valence-corrected chi connectivity index (χ4v) is 3.95. The zero-order chi connectivity index (χ0) is 17.1. The van der Waals surface area contributed by atoms with Crippen LogP contribution in [-0.4, -0.2) is 27.1 Å². The summed E-state index contributed by atoms with van der Waals surface area (Å²) < 4.78 is 1.81. The molecule has 2 aromatic heterocycles. The van der Waals surface area contributed by atoms with Crippen LogP contribution in [0.1, 0.15) is 19.4 Å². The summed E-state index contributed by atoms with van der Waals surface area (Å²) in [6.45, 7) is 4.48. The van der Waals surface area contributed by atoms with Crippen LogP contribution in [0.4, 0.5) is 0 Å². The van der Waals surface area contributed by atoms with Gasteiger partial charge in [0.05, 0.1) is 16.3 Å². The van der Waals surface area contributed by atoms with Gasteiger partial charge < -0.3 is 10.2 Å². The zero-order valence-electron chi connectivity index (χ0n) is 13.3. The first-order valence-corrected chi connectivity index (χ1v) is 9.19. The number of phenolic OH excluding ortho intramolecular Hbond substituents is 2. The number of benzene rings is 1. The van der Waals surface area contributed by atoms with Crippen molar-refractivity contribution >= 4 is 28.4 Å². The molecule has 0 fully saturated rings. The molecule has 3 rings (SSSR count). The Morgan fingerprint density at radius 1 is 1.21 bits per heavy atom. The average Bonchev–Trinajstić information content (AvgIpc) is 3.18. The number of rotatable bonds is 4. The summed E-state index contributed by atoms with van der Waals surface area (Å²) in [5, 5.41) is 28.2. The maximum Gasteiger partial charge on any atom is 0.206 e. The minimum absolute atomic E-state index is 0.00117. The summed E-state index contributed by atoms with van der Waals surface area (Å²) in [7, 11) is 0. The number of aromatic nitrogens is 1. The van der Waals surface area contributed by atoms with Crippen molar-refractivity contribution in [3.63, 3.8) is 0 Å². The van der Waals surface area contributed by atoms with Crippen LogP contribution in [0.5, 0.6) is 11.5 Å². The van der Waals surface area contributed by atoms with E-state index in [-0.39, 0.29) is 11.5 Å². The van der Waals surface area contributed by atoms with E-state index < -0.39 is 0 Å². The molecule has 0 radical (unpaired) electrons. The van der Waals surface area contributed by atoms with Crippen molar-refractivity contribution < 1.29 is 10.2 Å². The van der Waals surface area contributed by atoms with Crippen LogP contribution in [0, 0.1) is 0 Å². The minimum atomic E-state index is -0.00117. The van der Waals surface area contributed by atoms with Gasteiger partial charge in [-0.05, 0) is 37.4 Å². The molecule has 3 aromatic rings. The van der Waals surface area contributed by atoms with Crippen molar-refractivity contribution in [2.75, 3.05) is 6.54 Å². The molecule has 0 aliphatic heterocycles. The van der Waals surface area contributed by atoms with Gasteiger partial charge in [0.15, 0.2) is 0 Å². The number of nitrogens with zero attached hydrogens (tertiary/aromatic N) is 3. The topological polar surface area (TPSA) is 70.1 Å². The fourth-order valence-electron chi connectivity index (χ4n) is 2.26. The Kier molecular flexibility index (Phi) is 4.82. The predicted molar refractivity (Wildman–Crippen MR) is 99.1 cm³/mol. The molecule has 0 amide bonds. The summed E-state index contributed by atoms with van der Waals surface area (Å²) in [4.78, 5) is 6.41. The average molecular weight is 359 g/mol. The maximum absolute atomic E-state index is 10.0. The lowest BCUT2D eigenvalue weighted by atomic mass is 10.1. The molecule has 1 aromatic carbocycles. The molecule has 2 N–H and O–H groups in total. The van der Waals surface area contributed by atoms with Gasteiger partial charge in [-0.3, -0.25) is 4.99 Å². The highest BCUT2D eigenvalue weighted by atomic mass is 32.1. The van der Waals surface area contributed by atoms with Crippen molar-refractivity contribution in [1.82, 2.24) is 4.68 Å². The standard InChI is InChI=1S/C17H17N3O2S2/c1-3-18-17-20(14(10-24-17)16-5-4-8-23-16)19-11(2)13-7-6-12(21)9-15(13)22/h4-10,21-22H,3H2,1-2H3. The molecule has 0 aliphatic rings. The first-order chi connectivity index (χ1) is 11.6. The van der Waals surface area contributed by atoms with Gasteiger partial charge in [-0.15, -0.1) is 22.7 Å². The molecule has 124 valence electrons. The van der Waals surface area contributed by atoms with Gasteiger partial charge in [0.25, 0.3) is 0 Å². The number of thiophene rings is 1. The van der Waals surface area contributed by atoms with E-state index in [1.54, 1.807) is 17.4 Å². The first kappa shape index (κ1) is 16.5. The van der Waals surface area contributed by atoms with Crippen LogP contribution in [0.3, 0.4) is 0 Å². The molecular formula is C17H17N3O2S2. The van der Waals surface area contributed by atoms with Crippen molar-refractivity contribution in [2.45, 2.75) is 13.8 Å². The van der Waals surface area contributed by atoms with Crippen LogP contribution in [-0.2, 0) is 0 Å². The Bertz CT molecular complexity index is 937. The quantitative estimate of drug-likeness (QED) is 0.694. The molecule has 0 saturated heterocycles. The molecule has 0 atom stereocenters. The minimum Gasteiger partial charge on any atom is -0.508 e. The Hall–Kier alpha value is -2.38. The van der Waals surface area contributed by atoms with E-state index in [1.807, 2.05) is 41.4 Å². The van der Waals surface area contributed by atoms with Crippen molar-refractivity contribution in [2.24, 2.45) is 10.1 Å². The second kappa shape index (κ2) is 7.02. The molecular weight excluding hydrogens is 342 g/mol. The van der Waals surface area contributed by atoms with Gasteiger partial charge in [0.2, 0.25) is 4.80 Å². The third-order valence-corrected chi connectivity index (χ3v) is 5.12. The van der Waals surface area contributed by atoms with E-state index in [9.17, 15) is 10.2 Å². The number of hydrogen-bond acceptors (Lipinski definition) is 6. The number of phenols is 2. The lowest BCUT2D eigenvalue weighted by Crippen LogP contribution is -2.14. The predicted octanol–water partition coefficient (Wildman–Crippen LogP) is 3.88. The molecule has 0 spiro atoms. The van der Waals surface area contributed by atoms with E-state index >= 15 is 0 Å². The van der Waals surface area contributed by atoms with Gasteiger partial charge >= 0.3 is 0 Å². The van der Waals surface area contributed by atoms with E-state index in [0.29, 0.717) is 17.8 Å². The van der Waals surface area contributed by atoms with Crippen LogP contribution in [0.15, 0.2) is 51.2 Å². The summed E-state index contributed by atoms with van der Waals surface area (Å²) >= 11 is 3.18. The summed E-state index contributed by atoms with van der Waals surface area (Å²) in [6.07, 6.45) is 0. The molecule has 0 saturated carbocycles. The molecule has 2 heterocycles. The second-order valence-corrected chi connectivity index (χ2v) is 6.84. The summed E-state index contributed by atoms with van der Waals surface area (Å²) in [5.41, 5.74) is 2.19. The van der Waals surface area contributed by atoms with E-state index in [2.05, 4.69) is 10.1 Å². The lowest BCUT2D eigenvalue weighted by Gasteiger charge is -2.07. The zero-order valence-corrected chi connectivity index (χ0v) is 14.9. The van der Waals surface area contributed by atoms with E-state index in [0.717, 1.165) is 15.4 Å². The summed E-state index contributed by atoms with van der Waals surface area (Å²) in [5.74, 6) is 0.0203. The fraction of sp³-hybridized carbons (Fsp3) is 0.176. The van der Waals surface area contributed by atoms with Gasteiger partial charge in [-0.2, -0.15) is 5.10 Å². The second-order valence-electron chi connectivity index (χ2n) is 5.05. The van der Waals surface area contributed by atoms with Crippen molar-refractivity contribution in [3.05, 3.63) is 51.5 Å². The molecule has 0 unspecified atom stereocenters. The first-order valence-electron chi connectivity index (χ1n) is 7.43. The van der Waals surface area contributed by atoms with Crippen LogP contribution in [0.25, 0.3) is 10.6 Å². The van der Waals surface area contributed by atoms with Gasteiger partial charge in [-0.25, -0.2) is 4.68 Å². The van der Waals surface area contributed by atoms with Crippen molar-refractivity contribution in [3.8, 4) is 22.1 Å². The highest BCUT2D eigenvalue weighted by Gasteiger charge is 2.11. The number of aromatic hydroxyl groups is 2. The Balaban J connectivity index is 2.14. The number of thiazole rings is 1. The largest absolute Gasteiger partial charge is 0.508 e. The van der Waals surface area contributed by atoms with Gasteiger partial charge in [-0.1, -0.05) is 6.07 Å². The Morgan fingerprint density at radius 3 is 2.71 bits per heavy atom. The lowest BCUT2D eigenvalue weighted by molar-refractivity contribution is 0.450. The molecule has 0 bridgehead atoms. The number of hydrogen-bond donors (Lipinski definition) is 2. The smallest absolute Gasteiger partial charge is 0.206 e. The maximum atomic E-state index is 10.0. The molecule has 7 heteroatoms. The van der Waals surface area contributed by atoms with Crippen LogP contribution in [0.2, 0.25) is 0 Å². The van der Waals surface area contributed by atoms with Crippen LogP contribution >= 0.6 is 22.7 Å². The van der Waals surface area contributed by atoms with Gasteiger partial charge in [0, 0.05) is 23.6 Å². The Labute approximate surface area is 147 Å². The third-order valence-electron chi connectivity index (χ3n) is 3.37. The van der Waals surface area contributed by atoms with Crippen molar-refractivity contribution in [1.29, 1.82) is 0 Å². The SMILES string of the molecule is CCN=c1scc(-c2cccs2)n1N=C(C)c1ccc(O)cc1O. The van der Waals surface area contributed by atoms with Gasteiger partial charge in [0.1, 0.15) is 11.5 Å². The Morgan fingerprint density at radius 2 is 2.04 bits per heavy atom. The monoisotopic (exact) mass is 359 g/mol. The normalized spacial score (nSPS) is 12.8. The highest BCUT2D eigenvalue weighted by Crippen LogP contribution is 2.26. The highest BCUT2D eigenvalue weighted by molar-refractivity contribution is 7.14. The third kappa shape index (κ3) is 3.27. The molecule has 0 aliphatic carbocycles. The van der Waals surface area contributed by atoms with E-state index in [1.165, 1.54) is 23.5 Å². The molecule has 5 nitrogen and oxygen atoms in total.